The number of nitrogens with zero attached hydrogens (tertiary/aromatic N) is 5. The molecule has 0 spiro atoms. The van der Waals surface area contributed by atoms with E-state index in [0.717, 1.165) is 52.5 Å². The molecule has 1 aliphatic heterocycles. The van der Waals surface area contributed by atoms with E-state index >= 15 is 0 Å². The number of hydrogen-bond acceptors (Lipinski definition) is 5. The molecule has 1 aromatic carbocycles. The second-order valence-corrected chi connectivity index (χ2v) is 6.90. The number of benzene rings is 1. The second kappa shape index (κ2) is 7.31. The molecule has 0 bridgehead atoms. The van der Waals surface area contributed by atoms with E-state index in [1.807, 2.05) is 43.1 Å². The van der Waals surface area contributed by atoms with Crippen LogP contribution in [0, 0.1) is 13.8 Å². The quantitative estimate of drug-likeness (QED) is 0.684. The van der Waals surface area contributed by atoms with Gasteiger partial charge in [-0.15, -0.1) is 0 Å². The van der Waals surface area contributed by atoms with Crippen LogP contribution in [-0.2, 0) is 11.4 Å². The lowest BCUT2D eigenvalue weighted by molar-refractivity contribution is 0.0698. The smallest absolute Gasteiger partial charge is 0.152 e. The van der Waals surface area contributed by atoms with Crippen LogP contribution in [0.15, 0.2) is 47.9 Å². The normalized spacial score (nSPS) is 16.3. The summed E-state index contributed by atoms with van der Waals surface area (Å²) < 4.78 is 1.93. The Kier molecular flexibility index (Phi) is 4.71. The fourth-order valence-corrected chi connectivity index (χ4v) is 3.27. The zero-order valence-electron chi connectivity index (χ0n) is 15.9. The van der Waals surface area contributed by atoms with Crippen LogP contribution >= 0.6 is 0 Å². The Hall–Kier alpha value is -3.02. The summed E-state index contributed by atoms with van der Waals surface area (Å²) >= 11 is 0. The lowest BCUT2D eigenvalue weighted by atomic mass is 10.0. The monoisotopic (exact) mass is 361 g/mol. The number of hydrogen-bond donors (Lipinski definition) is 0. The molecular weight excluding hydrogens is 338 g/mol. The molecule has 0 fully saturated rings. The summed E-state index contributed by atoms with van der Waals surface area (Å²) in [6.07, 6.45) is 5.76. The number of rotatable bonds is 5. The maximum atomic E-state index is 5.49. The Labute approximate surface area is 158 Å². The molecule has 0 aliphatic carbocycles. The highest BCUT2D eigenvalue weighted by Crippen LogP contribution is 2.26. The molecule has 1 aliphatic rings. The van der Waals surface area contributed by atoms with E-state index in [9.17, 15) is 0 Å². The van der Waals surface area contributed by atoms with E-state index in [-0.39, 0.29) is 6.10 Å². The summed E-state index contributed by atoms with van der Waals surface area (Å²) in [5.41, 5.74) is 6.23. The molecule has 0 amide bonds. The van der Waals surface area contributed by atoms with Gasteiger partial charge in [0, 0.05) is 29.9 Å². The standard InChI is InChI=1S/C21H23N5O/c1-4-18-11-19(27-25-18)13-26-9-8-20(24-26)16-6-5-7-17(10-16)21-14(2)12-22-15(3)23-21/h5-10,12,19H,4,11,13H2,1-3H3. The molecule has 1 unspecified atom stereocenters. The van der Waals surface area contributed by atoms with Gasteiger partial charge in [0.2, 0.25) is 0 Å². The molecule has 3 aromatic rings. The van der Waals surface area contributed by atoms with Crippen LogP contribution in [0.1, 0.15) is 31.2 Å². The average Bonchev–Trinajstić information content (AvgIpc) is 3.33. The molecule has 3 heterocycles. The predicted octanol–water partition coefficient (Wildman–Crippen LogP) is 4.18. The van der Waals surface area contributed by atoms with Crippen molar-refractivity contribution >= 4 is 5.71 Å². The van der Waals surface area contributed by atoms with Crippen molar-refractivity contribution in [3.05, 3.63) is 54.1 Å². The molecule has 27 heavy (non-hydrogen) atoms. The van der Waals surface area contributed by atoms with Crippen molar-refractivity contribution in [2.45, 2.75) is 46.3 Å². The van der Waals surface area contributed by atoms with Gasteiger partial charge >= 0.3 is 0 Å². The molecule has 4 rings (SSSR count). The summed E-state index contributed by atoms with van der Waals surface area (Å²) in [5.74, 6) is 0.774. The summed E-state index contributed by atoms with van der Waals surface area (Å²) in [5, 5.41) is 8.84. The fraction of sp³-hybridized carbons (Fsp3) is 0.333. The van der Waals surface area contributed by atoms with Crippen molar-refractivity contribution < 1.29 is 4.84 Å². The van der Waals surface area contributed by atoms with Crippen molar-refractivity contribution in [2.24, 2.45) is 5.16 Å². The maximum absolute atomic E-state index is 5.49. The molecule has 6 heteroatoms. The first-order valence-electron chi connectivity index (χ1n) is 9.28. The van der Waals surface area contributed by atoms with Crippen LogP contribution < -0.4 is 0 Å². The van der Waals surface area contributed by atoms with Gasteiger partial charge in [-0.2, -0.15) is 5.10 Å². The van der Waals surface area contributed by atoms with Gasteiger partial charge in [-0.3, -0.25) is 4.68 Å². The van der Waals surface area contributed by atoms with Gasteiger partial charge in [-0.25, -0.2) is 9.97 Å². The lowest BCUT2D eigenvalue weighted by Gasteiger charge is -2.08. The number of oxime groups is 1. The Morgan fingerprint density at radius 2 is 2.04 bits per heavy atom. The minimum absolute atomic E-state index is 0.0747. The number of aryl methyl sites for hydroxylation is 2. The second-order valence-electron chi connectivity index (χ2n) is 6.90. The van der Waals surface area contributed by atoms with Crippen LogP contribution in [0.2, 0.25) is 0 Å². The first-order chi connectivity index (χ1) is 13.1. The Morgan fingerprint density at radius 3 is 2.85 bits per heavy atom. The first kappa shape index (κ1) is 17.4. The van der Waals surface area contributed by atoms with Gasteiger partial charge in [-0.05, 0) is 38.0 Å². The first-order valence-corrected chi connectivity index (χ1v) is 9.28. The summed E-state index contributed by atoms with van der Waals surface area (Å²) in [4.78, 5) is 14.4. The SMILES string of the molecule is CCC1=NOC(Cn2ccc(-c3cccc(-c4nc(C)ncc4C)c3)n2)C1. The summed E-state index contributed by atoms with van der Waals surface area (Å²) in [6.45, 7) is 6.75. The van der Waals surface area contributed by atoms with E-state index in [1.165, 1.54) is 0 Å². The third kappa shape index (κ3) is 3.74. The summed E-state index contributed by atoms with van der Waals surface area (Å²) in [6, 6.07) is 10.4. The number of aromatic nitrogens is 4. The molecule has 2 aromatic heterocycles. The van der Waals surface area contributed by atoms with Crippen LogP contribution in [0.4, 0.5) is 0 Å². The Morgan fingerprint density at radius 1 is 1.19 bits per heavy atom. The largest absolute Gasteiger partial charge is 0.390 e. The van der Waals surface area contributed by atoms with Gasteiger partial charge in [0.05, 0.1) is 23.6 Å². The van der Waals surface area contributed by atoms with Crippen LogP contribution in [-0.4, -0.2) is 31.6 Å². The van der Waals surface area contributed by atoms with Crippen LogP contribution in [0.5, 0.6) is 0 Å². The van der Waals surface area contributed by atoms with E-state index in [1.54, 1.807) is 0 Å². The van der Waals surface area contributed by atoms with Crippen LogP contribution in [0.25, 0.3) is 22.5 Å². The van der Waals surface area contributed by atoms with E-state index in [2.05, 4.69) is 40.2 Å². The highest BCUT2D eigenvalue weighted by atomic mass is 16.6. The van der Waals surface area contributed by atoms with Crippen molar-refractivity contribution in [1.29, 1.82) is 0 Å². The van der Waals surface area contributed by atoms with E-state index in [4.69, 9.17) is 9.94 Å². The molecule has 6 nitrogen and oxygen atoms in total. The third-order valence-corrected chi connectivity index (χ3v) is 4.76. The van der Waals surface area contributed by atoms with Gasteiger partial charge in [0.1, 0.15) is 5.82 Å². The van der Waals surface area contributed by atoms with Crippen molar-refractivity contribution in [3.63, 3.8) is 0 Å². The molecule has 0 saturated carbocycles. The zero-order chi connectivity index (χ0) is 18.8. The van der Waals surface area contributed by atoms with E-state index in [0.29, 0.717) is 6.54 Å². The zero-order valence-corrected chi connectivity index (χ0v) is 15.9. The Balaban J connectivity index is 1.55. The van der Waals surface area contributed by atoms with E-state index < -0.39 is 0 Å². The molecule has 0 N–H and O–H groups in total. The third-order valence-electron chi connectivity index (χ3n) is 4.76. The molecule has 0 radical (unpaired) electrons. The average molecular weight is 361 g/mol. The molecule has 138 valence electrons. The summed E-state index contributed by atoms with van der Waals surface area (Å²) in [7, 11) is 0. The van der Waals surface area contributed by atoms with Gasteiger partial charge in [0.25, 0.3) is 0 Å². The minimum atomic E-state index is 0.0747. The fourth-order valence-electron chi connectivity index (χ4n) is 3.27. The van der Waals surface area contributed by atoms with Gasteiger partial charge < -0.3 is 4.84 Å². The lowest BCUT2D eigenvalue weighted by Crippen LogP contribution is -2.16. The van der Waals surface area contributed by atoms with Crippen molar-refractivity contribution in [2.75, 3.05) is 0 Å². The minimum Gasteiger partial charge on any atom is -0.390 e. The van der Waals surface area contributed by atoms with Gasteiger partial charge in [0.15, 0.2) is 6.10 Å². The van der Waals surface area contributed by atoms with Crippen LogP contribution in [0.3, 0.4) is 0 Å². The van der Waals surface area contributed by atoms with Crippen molar-refractivity contribution in [3.8, 4) is 22.5 Å². The molecule has 0 saturated heterocycles. The maximum Gasteiger partial charge on any atom is 0.152 e. The van der Waals surface area contributed by atoms with Gasteiger partial charge in [-0.1, -0.05) is 30.3 Å². The topological polar surface area (TPSA) is 65.2 Å². The van der Waals surface area contributed by atoms with Crippen molar-refractivity contribution in [1.82, 2.24) is 19.7 Å². The predicted molar refractivity (Wildman–Crippen MR) is 105 cm³/mol. The molecular formula is C21H23N5O. The molecule has 1 atom stereocenters. The highest BCUT2D eigenvalue weighted by molar-refractivity contribution is 5.85. The Bertz CT molecular complexity index is 992. The highest BCUT2D eigenvalue weighted by Gasteiger charge is 2.20.